The third kappa shape index (κ3) is 9.76. The molecule has 0 bridgehead atoms. The van der Waals surface area contributed by atoms with Gasteiger partial charge in [-0.25, -0.2) is 0 Å². The van der Waals surface area contributed by atoms with Gasteiger partial charge >= 0.3 is 0 Å². The first-order valence-electron chi connectivity index (χ1n) is 9.27. The molecule has 1 aromatic rings. The number of primary amides is 1. The Kier molecular flexibility index (Phi) is 10.7. The molecule has 4 N–H and O–H groups in total. The lowest BCUT2D eigenvalue weighted by molar-refractivity contribution is -0.130. The molecule has 1 rings (SSSR count). The first-order valence-corrected chi connectivity index (χ1v) is 9.27. The van der Waals surface area contributed by atoms with Gasteiger partial charge in [-0.15, -0.1) is 0 Å². The SMILES string of the molecule is CCCCCCCC(=O)NC(CC(=O)NCCc1cccnc1)C(N)=O. The molecule has 1 aromatic heterocycles. The number of pyridine rings is 1. The van der Waals surface area contributed by atoms with Crippen LogP contribution in [0.5, 0.6) is 0 Å². The van der Waals surface area contributed by atoms with Crippen LogP contribution in [0.4, 0.5) is 0 Å². The molecule has 0 spiro atoms. The zero-order chi connectivity index (χ0) is 19.2. The maximum absolute atomic E-state index is 12.0. The Labute approximate surface area is 155 Å². The van der Waals surface area contributed by atoms with E-state index in [1.807, 2.05) is 12.1 Å². The monoisotopic (exact) mass is 362 g/mol. The Morgan fingerprint density at radius 3 is 2.58 bits per heavy atom. The van der Waals surface area contributed by atoms with Crippen LogP contribution >= 0.6 is 0 Å². The summed E-state index contributed by atoms with van der Waals surface area (Å²) in [5.41, 5.74) is 6.32. The highest BCUT2D eigenvalue weighted by Gasteiger charge is 2.21. The fourth-order valence-corrected chi connectivity index (χ4v) is 2.53. The topological polar surface area (TPSA) is 114 Å². The predicted molar refractivity (Wildman–Crippen MR) is 100 cm³/mol. The summed E-state index contributed by atoms with van der Waals surface area (Å²) < 4.78 is 0. The van der Waals surface area contributed by atoms with Crippen molar-refractivity contribution in [2.24, 2.45) is 5.73 Å². The minimum Gasteiger partial charge on any atom is -0.368 e. The van der Waals surface area contributed by atoms with E-state index < -0.39 is 11.9 Å². The van der Waals surface area contributed by atoms with Gasteiger partial charge in [0.25, 0.3) is 0 Å². The lowest BCUT2D eigenvalue weighted by Gasteiger charge is -2.15. The Morgan fingerprint density at radius 1 is 1.15 bits per heavy atom. The summed E-state index contributed by atoms with van der Waals surface area (Å²) in [6.07, 6.45) is 9.42. The van der Waals surface area contributed by atoms with Crippen molar-refractivity contribution in [3.63, 3.8) is 0 Å². The molecule has 1 heterocycles. The molecule has 144 valence electrons. The van der Waals surface area contributed by atoms with Crippen LogP contribution in [0.1, 0.15) is 57.4 Å². The number of carbonyl (C=O) groups excluding carboxylic acids is 3. The fourth-order valence-electron chi connectivity index (χ4n) is 2.53. The largest absolute Gasteiger partial charge is 0.368 e. The maximum atomic E-state index is 12.0. The molecule has 7 nitrogen and oxygen atoms in total. The number of amides is 3. The number of carbonyl (C=O) groups is 3. The zero-order valence-electron chi connectivity index (χ0n) is 15.5. The Balaban J connectivity index is 2.29. The molecule has 0 aliphatic rings. The molecule has 0 saturated heterocycles. The Hall–Kier alpha value is -2.44. The quantitative estimate of drug-likeness (QED) is 0.461. The summed E-state index contributed by atoms with van der Waals surface area (Å²) in [4.78, 5) is 39.4. The standard InChI is InChI=1S/C19H30N4O3/c1-2-3-4-5-6-9-17(24)23-16(19(20)26)13-18(25)22-12-10-15-8-7-11-21-14-15/h7-8,11,14,16H,2-6,9-10,12-13H2,1H3,(H2,20,26)(H,22,25)(H,23,24). The second-order valence-electron chi connectivity index (χ2n) is 6.35. The summed E-state index contributed by atoms with van der Waals surface area (Å²) in [6.45, 7) is 2.56. The van der Waals surface area contributed by atoms with Gasteiger partial charge in [-0.2, -0.15) is 0 Å². The summed E-state index contributed by atoms with van der Waals surface area (Å²) in [5.74, 6) is -1.26. The Morgan fingerprint density at radius 2 is 1.92 bits per heavy atom. The number of hydrogen-bond acceptors (Lipinski definition) is 4. The van der Waals surface area contributed by atoms with Crippen molar-refractivity contribution in [2.75, 3.05) is 6.54 Å². The molecule has 3 amide bonds. The molecule has 0 saturated carbocycles. The molecule has 1 atom stereocenters. The van der Waals surface area contributed by atoms with Gasteiger partial charge in [0, 0.05) is 25.4 Å². The molecule has 0 aliphatic carbocycles. The zero-order valence-corrected chi connectivity index (χ0v) is 15.5. The smallest absolute Gasteiger partial charge is 0.240 e. The van der Waals surface area contributed by atoms with Gasteiger partial charge in [0.1, 0.15) is 6.04 Å². The summed E-state index contributed by atoms with van der Waals surface area (Å²) >= 11 is 0. The normalized spacial score (nSPS) is 11.6. The average molecular weight is 362 g/mol. The van der Waals surface area contributed by atoms with Crippen molar-refractivity contribution in [1.82, 2.24) is 15.6 Å². The summed E-state index contributed by atoms with van der Waals surface area (Å²) in [5, 5.41) is 5.29. The van der Waals surface area contributed by atoms with Gasteiger partial charge in [-0.1, -0.05) is 38.7 Å². The van der Waals surface area contributed by atoms with E-state index in [1.54, 1.807) is 12.4 Å². The average Bonchev–Trinajstić information content (AvgIpc) is 2.62. The van der Waals surface area contributed by atoms with Crippen molar-refractivity contribution < 1.29 is 14.4 Å². The van der Waals surface area contributed by atoms with Crippen LogP contribution in [-0.2, 0) is 20.8 Å². The number of unbranched alkanes of at least 4 members (excludes halogenated alkanes) is 4. The molecular formula is C19H30N4O3. The van der Waals surface area contributed by atoms with Crippen LogP contribution in [-0.4, -0.2) is 35.3 Å². The van der Waals surface area contributed by atoms with Crippen molar-refractivity contribution in [3.05, 3.63) is 30.1 Å². The number of nitrogens with one attached hydrogen (secondary N) is 2. The van der Waals surface area contributed by atoms with E-state index in [4.69, 9.17) is 5.73 Å². The third-order valence-electron chi connectivity index (χ3n) is 4.03. The van der Waals surface area contributed by atoms with Crippen molar-refractivity contribution in [3.8, 4) is 0 Å². The van der Waals surface area contributed by atoms with Gasteiger partial charge < -0.3 is 16.4 Å². The molecule has 0 aliphatic heterocycles. The molecule has 0 fully saturated rings. The van der Waals surface area contributed by atoms with E-state index in [1.165, 1.54) is 0 Å². The summed E-state index contributed by atoms with van der Waals surface area (Å²) in [7, 11) is 0. The number of rotatable bonds is 13. The van der Waals surface area contributed by atoms with Gasteiger partial charge in [0.15, 0.2) is 0 Å². The van der Waals surface area contributed by atoms with Crippen LogP contribution in [0.15, 0.2) is 24.5 Å². The van der Waals surface area contributed by atoms with Crippen LogP contribution in [0.3, 0.4) is 0 Å². The highest BCUT2D eigenvalue weighted by molar-refractivity contribution is 5.91. The number of hydrogen-bond donors (Lipinski definition) is 3. The third-order valence-corrected chi connectivity index (χ3v) is 4.03. The van der Waals surface area contributed by atoms with E-state index >= 15 is 0 Å². The van der Waals surface area contributed by atoms with Crippen molar-refractivity contribution >= 4 is 17.7 Å². The lowest BCUT2D eigenvalue weighted by Crippen LogP contribution is -2.47. The molecule has 26 heavy (non-hydrogen) atoms. The Bertz CT molecular complexity index is 563. The molecule has 7 heteroatoms. The first-order chi connectivity index (χ1) is 12.5. The van der Waals surface area contributed by atoms with Gasteiger partial charge in [0.2, 0.25) is 17.7 Å². The molecule has 1 unspecified atom stereocenters. The highest BCUT2D eigenvalue weighted by atomic mass is 16.2. The minimum absolute atomic E-state index is 0.149. The van der Waals surface area contributed by atoms with Crippen LogP contribution in [0, 0.1) is 0 Å². The van der Waals surface area contributed by atoms with Crippen LogP contribution < -0.4 is 16.4 Å². The van der Waals surface area contributed by atoms with Gasteiger partial charge in [-0.3, -0.25) is 19.4 Å². The fraction of sp³-hybridized carbons (Fsp3) is 0.579. The highest BCUT2D eigenvalue weighted by Crippen LogP contribution is 2.05. The lowest BCUT2D eigenvalue weighted by atomic mass is 10.1. The van der Waals surface area contributed by atoms with E-state index in [0.29, 0.717) is 19.4 Å². The second-order valence-corrected chi connectivity index (χ2v) is 6.35. The van der Waals surface area contributed by atoms with Gasteiger partial charge in [0.05, 0.1) is 6.42 Å². The maximum Gasteiger partial charge on any atom is 0.240 e. The van der Waals surface area contributed by atoms with Crippen molar-refractivity contribution in [1.29, 1.82) is 0 Å². The van der Waals surface area contributed by atoms with E-state index in [2.05, 4.69) is 22.5 Å². The molecular weight excluding hydrogens is 332 g/mol. The van der Waals surface area contributed by atoms with Crippen LogP contribution in [0.2, 0.25) is 0 Å². The molecule has 0 radical (unpaired) electrons. The molecule has 0 aromatic carbocycles. The second kappa shape index (κ2) is 12.9. The number of nitrogens with zero attached hydrogens (tertiary/aromatic N) is 1. The van der Waals surface area contributed by atoms with Gasteiger partial charge in [-0.05, 0) is 24.5 Å². The minimum atomic E-state index is -0.975. The van der Waals surface area contributed by atoms with Crippen molar-refractivity contribution in [2.45, 2.75) is 64.3 Å². The van der Waals surface area contributed by atoms with E-state index in [9.17, 15) is 14.4 Å². The summed E-state index contributed by atoms with van der Waals surface area (Å²) in [6, 6.07) is 2.78. The first kappa shape index (κ1) is 21.6. The predicted octanol–water partition coefficient (Wildman–Crippen LogP) is 1.46. The van der Waals surface area contributed by atoms with E-state index in [0.717, 1.165) is 37.7 Å². The number of aromatic nitrogens is 1. The van der Waals surface area contributed by atoms with E-state index in [-0.39, 0.29) is 18.2 Å². The van der Waals surface area contributed by atoms with Crippen LogP contribution in [0.25, 0.3) is 0 Å². The number of nitrogens with two attached hydrogens (primary N) is 1.